The Morgan fingerprint density at radius 1 is 1.39 bits per heavy atom. The van der Waals surface area contributed by atoms with E-state index < -0.39 is 0 Å². The van der Waals surface area contributed by atoms with E-state index in [0.29, 0.717) is 0 Å². The molecule has 0 aliphatic carbocycles. The van der Waals surface area contributed by atoms with Crippen LogP contribution in [-0.4, -0.2) is 0 Å². The summed E-state index contributed by atoms with van der Waals surface area (Å²) in [7, 11) is 0. The quantitative estimate of drug-likeness (QED) is 0.645. The van der Waals surface area contributed by atoms with Crippen LogP contribution >= 0.6 is 22.9 Å². The van der Waals surface area contributed by atoms with E-state index in [4.69, 9.17) is 17.4 Å². The molecule has 0 spiro atoms. The molecule has 3 N–H and O–H groups in total. The van der Waals surface area contributed by atoms with Crippen LogP contribution < -0.4 is 11.3 Å². The van der Waals surface area contributed by atoms with Crippen molar-refractivity contribution in [1.29, 1.82) is 0 Å². The number of halogens is 1. The van der Waals surface area contributed by atoms with E-state index in [9.17, 15) is 0 Å². The molecule has 1 heterocycles. The summed E-state index contributed by atoms with van der Waals surface area (Å²) < 4.78 is 0. The highest BCUT2D eigenvalue weighted by molar-refractivity contribution is 7.10. The third-order valence-corrected chi connectivity index (χ3v) is 4.44. The number of nitrogens with two attached hydrogens (primary N) is 1. The fourth-order valence-corrected chi connectivity index (χ4v) is 3.31. The van der Waals surface area contributed by atoms with Gasteiger partial charge in [0.25, 0.3) is 0 Å². The molecule has 4 heteroatoms. The maximum atomic E-state index is 6.14. The molecule has 96 valence electrons. The highest BCUT2D eigenvalue weighted by Gasteiger charge is 2.14. The number of thiophene rings is 1. The molecule has 0 fully saturated rings. The standard InChI is InChI=1S/C14H17ClN2S/c1-10-3-2-4-11(9-10)5-6-13(17-16)14-12(15)7-8-18-14/h2-4,7-9,13,17H,5-6,16H2,1H3. The van der Waals surface area contributed by atoms with Crippen LogP contribution in [0.3, 0.4) is 0 Å². The normalized spacial score (nSPS) is 12.6. The van der Waals surface area contributed by atoms with Gasteiger partial charge in [-0.1, -0.05) is 41.4 Å². The molecule has 0 bridgehead atoms. The predicted molar refractivity (Wildman–Crippen MR) is 78.9 cm³/mol. The van der Waals surface area contributed by atoms with Gasteiger partial charge in [-0.05, 0) is 36.8 Å². The molecule has 1 unspecified atom stereocenters. The molecule has 2 nitrogen and oxygen atoms in total. The summed E-state index contributed by atoms with van der Waals surface area (Å²) in [4.78, 5) is 1.12. The summed E-state index contributed by atoms with van der Waals surface area (Å²) in [6.45, 7) is 2.11. The molecule has 0 aliphatic rings. The van der Waals surface area contributed by atoms with E-state index in [1.165, 1.54) is 11.1 Å². The lowest BCUT2D eigenvalue weighted by atomic mass is 10.0. The van der Waals surface area contributed by atoms with Crippen molar-refractivity contribution in [3.8, 4) is 0 Å². The fraction of sp³-hybridized carbons (Fsp3) is 0.286. The molecule has 1 atom stereocenters. The van der Waals surface area contributed by atoms with Gasteiger partial charge in [-0.15, -0.1) is 11.3 Å². The summed E-state index contributed by atoms with van der Waals surface area (Å²) in [5, 5.41) is 2.79. The summed E-state index contributed by atoms with van der Waals surface area (Å²) in [6.07, 6.45) is 1.94. The average molecular weight is 281 g/mol. The molecule has 1 aromatic carbocycles. The lowest BCUT2D eigenvalue weighted by Gasteiger charge is -2.15. The third kappa shape index (κ3) is 3.33. The first kappa shape index (κ1) is 13.6. The molecule has 2 aromatic rings. The van der Waals surface area contributed by atoms with Crippen LogP contribution in [0.2, 0.25) is 5.02 Å². The van der Waals surface area contributed by atoms with Crippen LogP contribution in [0.25, 0.3) is 0 Å². The van der Waals surface area contributed by atoms with Crippen molar-refractivity contribution in [2.75, 3.05) is 0 Å². The second kappa shape index (κ2) is 6.34. The van der Waals surface area contributed by atoms with Gasteiger partial charge in [-0.25, -0.2) is 0 Å². The number of hydrazine groups is 1. The van der Waals surface area contributed by atoms with Gasteiger partial charge in [0, 0.05) is 4.88 Å². The Hall–Kier alpha value is -0.870. The van der Waals surface area contributed by atoms with E-state index in [-0.39, 0.29) is 6.04 Å². The van der Waals surface area contributed by atoms with Crippen LogP contribution in [0.5, 0.6) is 0 Å². The number of rotatable bonds is 5. The Morgan fingerprint density at radius 2 is 2.22 bits per heavy atom. The van der Waals surface area contributed by atoms with E-state index in [2.05, 4.69) is 36.6 Å². The van der Waals surface area contributed by atoms with Crippen molar-refractivity contribution < 1.29 is 0 Å². The smallest absolute Gasteiger partial charge is 0.0571 e. The van der Waals surface area contributed by atoms with Crippen LogP contribution in [-0.2, 0) is 6.42 Å². The second-order valence-corrected chi connectivity index (χ2v) is 5.73. The predicted octanol–water partition coefficient (Wildman–Crippen LogP) is 3.85. The first-order chi connectivity index (χ1) is 8.70. The van der Waals surface area contributed by atoms with Gasteiger partial charge >= 0.3 is 0 Å². The van der Waals surface area contributed by atoms with Crippen molar-refractivity contribution >= 4 is 22.9 Å². The Kier molecular flexibility index (Phi) is 4.78. The minimum Gasteiger partial charge on any atom is -0.271 e. The van der Waals surface area contributed by atoms with Gasteiger partial charge in [-0.2, -0.15) is 0 Å². The molecule has 1 aromatic heterocycles. The Balaban J connectivity index is 2.02. The van der Waals surface area contributed by atoms with Gasteiger partial charge in [0.2, 0.25) is 0 Å². The summed E-state index contributed by atoms with van der Waals surface area (Å²) in [5.41, 5.74) is 5.48. The van der Waals surface area contributed by atoms with E-state index in [0.717, 1.165) is 22.7 Å². The number of benzene rings is 1. The monoisotopic (exact) mass is 280 g/mol. The molecular weight excluding hydrogens is 264 g/mol. The number of aryl methyl sites for hydroxylation is 2. The minimum atomic E-state index is 0.123. The molecular formula is C14H17ClN2S. The number of hydrogen-bond acceptors (Lipinski definition) is 3. The van der Waals surface area contributed by atoms with E-state index in [1.807, 2.05) is 11.4 Å². The Bertz CT molecular complexity index is 510. The van der Waals surface area contributed by atoms with Gasteiger partial charge in [0.15, 0.2) is 0 Å². The van der Waals surface area contributed by atoms with Gasteiger partial charge < -0.3 is 0 Å². The van der Waals surface area contributed by atoms with Crippen molar-refractivity contribution in [2.24, 2.45) is 5.84 Å². The van der Waals surface area contributed by atoms with Crippen LogP contribution in [0.4, 0.5) is 0 Å². The molecule has 18 heavy (non-hydrogen) atoms. The van der Waals surface area contributed by atoms with Gasteiger partial charge in [0.1, 0.15) is 0 Å². The zero-order valence-corrected chi connectivity index (χ0v) is 11.9. The van der Waals surface area contributed by atoms with E-state index >= 15 is 0 Å². The summed E-state index contributed by atoms with van der Waals surface area (Å²) in [5.74, 6) is 5.62. The first-order valence-corrected chi connectivity index (χ1v) is 7.21. The molecule has 2 rings (SSSR count). The van der Waals surface area contributed by atoms with Gasteiger partial charge in [-0.3, -0.25) is 11.3 Å². The Labute approximate surface area is 117 Å². The van der Waals surface area contributed by atoms with Gasteiger partial charge in [0.05, 0.1) is 11.1 Å². The van der Waals surface area contributed by atoms with Crippen LogP contribution in [0.1, 0.15) is 28.5 Å². The minimum absolute atomic E-state index is 0.123. The van der Waals surface area contributed by atoms with Crippen molar-refractivity contribution in [3.05, 3.63) is 56.7 Å². The highest BCUT2D eigenvalue weighted by atomic mass is 35.5. The maximum absolute atomic E-state index is 6.14. The zero-order valence-electron chi connectivity index (χ0n) is 10.3. The van der Waals surface area contributed by atoms with Crippen molar-refractivity contribution in [3.63, 3.8) is 0 Å². The number of nitrogens with one attached hydrogen (secondary N) is 1. The second-order valence-electron chi connectivity index (χ2n) is 4.38. The van der Waals surface area contributed by atoms with Crippen LogP contribution in [0.15, 0.2) is 35.7 Å². The molecule has 0 amide bonds. The van der Waals surface area contributed by atoms with Crippen molar-refractivity contribution in [2.45, 2.75) is 25.8 Å². The molecule has 0 aliphatic heterocycles. The highest BCUT2D eigenvalue weighted by Crippen LogP contribution is 2.30. The molecule has 0 radical (unpaired) electrons. The van der Waals surface area contributed by atoms with Crippen LogP contribution in [0, 0.1) is 6.92 Å². The third-order valence-electron chi connectivity index (χ3n) is 2.97. The summed E-state index contributed by atoms with van der Waals surface area (Å²) in [6, 6.07) is 10.6. The Morgan fingerprint density at radius 3 is 2.83 bits per heavy atom. The topological polar surface area (TPSA) is 38.0 Å². The largest absolute Gasteiger partial charge is 0.271 e. The lowest BCUT2D eigenvalue weighted by Crippen LogP contribution is -2.28. The first-order valence-electron chi connectivity index (χ1n) is 5.95. The molecule has 0 saturated carbocycles. The lowest BCUT2D eigenvalue weighted by molar-refractivity contribution is 0.524. The van der Waals surface area contributed by atoms with E-state index in [1.54, 1.807) is 11.3 Å². The van der Waals surface area contributed by atoms with Crippen molar-refractivity contribution in [1.82, 2.24) is 5.43 Å². The SMILES string of the molecule is Cc1cccc(CCC(NN)c2sccc2Cl)c1. The fourth-order valence-electron chi connectivity index (χ4n) is 2.02. The maximum Gasteiger partial charge on any atom is 0.0571 e. The average Bonchev–Trinajstić information content (AvgIpc) is 2.77. The summed E-state index contributed by atoms with van der Waals surface area (Å²) >= 11 is 7.78. The zero-order chi connectivity index (χ0) is 13.0. The number of hydrogen-bond donors (Lipinski definition) is 2. The molecule has 0 saturated heterocycles.